The van der Waals surface area contributed by atoms with Gasteiger partial charge < -0.3 is 0 Å². The SMILES string of the molecule is CC[C@H]1CC23CC45CCC6(CCCC(C)(CCC4(C)CC12C)C6)C53. The van der Waals surface area contributed by atoms with E-state index in [1.54, 1.807) is 64.2 Å². The van der Waals surface area contributed by atoms with Crippen LogP contribution in [-0.4, -0.2) is 0 Å². The van der Waals surface area contributed by atoms with Gasteiger partial charge in [-0.15, -0.1) is 0 Å². The van der Waals surface area contributed by atoms with Gasteiger partial charge in [0.2, 0.25) is 0 Å². The minimum Gasteiger partial charge on any atom is -0.0651 e. The molecule has 0 heteroatoms. The number of rotatable bonds is 1. The van der Waals surface area contributed by atoms with Crippen molar-refractivity contribution in [2.24, 2.45) is 44.3 Å². The molecule has 0 N–H and O–H groups in total. The van der Waals surface area contributed by atoms with Crippen LogP contribution in [0.2, 0.25) is 0 Å². The van der Waals surface area contributed by atoms with Crippen molar-refractivity contribution in [3.8, 4) is 0 Å². The zero-order chi connectivity index (χ0) is 16.6. The van der Waals surface area contributed by atoms with Crippen molar-refractivity contribution in [2.75, 3.05) is 0 Å². The zero-order valence-electron chi connectivity index (χ0n) is 16.6. The molecular weight excluding hydrogens is 288 g/mol. The second-order valence-corrected chi connectivity index (χ2v) is 12.6. The van der Waals surface area contributed by atoms with Crippen LogP contribution in [0.15, 0.2) is 0 Å². The van der Waals surface area contributed by atoms with Gasteiger partial charge in [0, 0.05) is 0 Å². The number of hydrogen-bond donors (Lipinski definition) is 0. The molecule has 8 atom stereocenters. The van der Waals surface area contributed by atoms with Crippen molar-refractivity contribution in [3.05, 3.63) is 0 Å². The van der Waals surface area contributed by atoms with E-state index in [0.717, 1.165) is 28.1 Å². The first-order valence-electron chi connectivity index (χ1n) is 11.3. The van der Waals surface area contributed by atoms with Crippen molar-refractivity contribution >= 4 is 0 Å². The van der Waals surface area contributed by atoms with Crippen LogP contribution in [0.5, 0.6) is 0 Å². The third-order valence-electron chi connectivity index (χ3n) is 12.0. The first-order valence-corrected chi connectivity index (χ1v) is 11.3. The van der Waals surface area contributed by atoms with Gasteiger partial charge in [0.15, 0.2) is 0 Å². The summed E-state index contributed by atoms with van der Waals surface area (Å²) in [6.45, 7) is 10.7. The Labute approximate surface area is 149 Å². The van der Waals surface area contributed by atoms with Gasteiger partial charge in [0.25, 0.3) is 0 Å². The van der Waals surface area contributed by atoms with Crippen LogP contribution >= 0.6 is 0 Å². The highest BCUT2D eigenvalue weighted by Gasteiger charge is 2.88. The van der Waals surface area contributed by atoms with Gasteiger partial charge in [0.1, 0.15) is 0 Å². The summed E-state index contributed by atoms with van der Waals surface area (Å²) in [4.78, 5) is 0. The number of fused-ring (bicyclic) bond motifs is 1. The van der Waals surface area contributed by atoms with Gasteiger partial charge in [-0.1, -0.05) is 40.5 Å². The van der Waals surface area contributed by atoms with Crippen LogP contribution in [-0.2, 0) is 0 Å². The molecule has 0 aromatic rings. The highest BCUT2D eigenvalue weighted by atomic mass is 14.9. The second kappa shape index (κ2) is 3.82. The van der Waals surface area contributed by atoms with E-state index in [-0.39, 0.29) is 0 Å². The Morgan fingerprint density at radius 3 is 2.42 bits per heavy atom. The smallest absolute Gasteiger partial charge is 0.0193 e. The zero-order valence-corrected chi connectivity index (χ0v) is 16.6. The molecule has 0 amide bonds. The minimum atomic E-state index is 0.669. The molecular formula is C24H38. The molecule has 0 aliphatic heterocycles. The lowest BCUT2D eigenvalue weighted by Gasteiger charge is -2.87. The van der Waals surface area contributed by atoms with Crippen LogP contribution in [0, 0.1) is 44.3 Å². The maximum Gasteiger partial charge on any atom is -0.0193 e. The standard InChI is InChI=1S/C24H38/c1-5-17-13-24-16-23-12-11-22(18(23)24)8-6-7-19(2,14-22)9-10-20(23,3)15-21(17,24)4/h17-18H,5-16H2,1-4H3/t17-,18?,19?,20?,21?,22?,23?,24?/m0/s1. The molecule has 0 saturated heterocycles. The molecule has 7 rings (SSSR count). The van der Waals surface area contributed by atoms with E-state index in [0.29, 0.717) is 16.2 Å². The summed E-state index contributed by atoms with van der Waals surface area (Å²) in [6, 6.07) is 0. The van der Waals surface area contributed by atoms with Crippen molar-refractivity contribution in [1.29, 1.82) is 0 Å². The molecule has 134 valence electrons. The average molecular weight is 327 g/mol. The molecule has 7 saturated carbocycles. The molecule has 0 radical (unpaired) electrons. The summed E-state index contributed by atoms with van der Waals surface area (Å²) >= 11 is 0. The first-order chi connectivity index (χ1) is 11.3. The van der Waals surface area contributed by atoms with Crippen LogP contribution in [0.1, 0.15) is 105 Å². The lowest BCUT2D eigenvalue weighted by molar-refractivity contribution is -0.394. The minimum absolute atomic E-state index is 0.669. The van der Waals surface area contributed by atoms with Crippen LogP contribution in [0.3, 0.4) is 0 Å². The fourth-order valence-corrected chi connectivity index (χ4v) is 11.3. The molecule has 7 fully saturated rings. The van der Waals surface area contributed by atoms with E-state index >= 15 is 0 Å². The Morgan fingerprint density at radius 1 is 0.792 bits per heavy atom. The van der Waals surface area contributed by atoms with Crippen molar-refractivity contribution in [1.82, 2.24) is 0 Å². The topological polar surface area (TPSA) is 0 Å². The summed E-state index contributed by atoms with van der Waals surface area (Å²) in [5, 5.41) is 0. The predicted molar refractivity (Wildman–Crippen MR) is 99.7 cm³/mol. The predicted octanol–water partition coefficient (Wildman–Crippen LogP) is 6.98. The van der Waals surface area contributed by atoms with Crippen LogP contribution < -0.4 is 0 Å². The maximum atomic E-state index is 2.78. The molecule has 7 aliphatic carbocycles. The highest BCUT2D eigenvalue weighted by Crippen LogP contribution is 2.95. The molecule has 7 unspecified atom stereocenters. The quantitative estimate of drug-likeness (QED) is 0.487. The fraction of sp³-hybridized carbons (Fsp3) is 1.00. The van der Waals surface area contributed by atoms with Gasteiger partial charge in [-0.3, -0.25) is 0 Å². The maximum absolute atomic E-state index is 2.78. The summed E-state index contributed by atoms with van der Waals surface area (Å²) < 4.78 is 0. The van der Waals surface area contributed by atoms with E-state index in [1.165, 1.54) is 12.8 Å². The summed E-state index contributed by atoms with van der Waals surface area (Å²) in [5.41, 5.74) is 4.40. The van der Waals surface area contributed by atoms with E-state index in [2.05, 4.69) is 27.7 Å². The summed E-state index contributed by atoms with van der Waals surface area (Å²) in [7, 11) is 0. The first kappa shape index (κ1) is 15.1. The van der Waals surface area contributed by atoms with Gasteiger partial charge >= 0.3 is 0 Å². The van der Waals surface area contributed by atoms with E-state index < -0.39 is 0 Å². The van der Waals surface area contributed by atoms with Gasteiger partial charge in [-0.05, 0) is 109 Å². The Hall–Kier alpha value is 0. The molecule has 0 aromatic carbocycles. The average Bonchev–Trinajstić information content (AvgIpc) is 2.74. The highest BCUT2D eigenvalue weighted by molar-refractivity contribution is 5.36. The molecule has 6 bridgehead atoms. The van der Waals surface area contributed by atoms with Crippen molar-refractivity contribution in [3.63, 3.8) is 0 Å². The Balaban J connectivity index is 1.55. The molecule has 0 aromatic heterocycles. The van der Waals surface area contributed by atoms with Crippen molar-refractivity contribution in [2.45, 2.75) is 105 Å². The largest absolute Gasteiger partial charge is 0.0651 e. The summed E-state index contributed by atoms with van der Waals surface area (Å²) in [5.74, 6) is 2.17. The molecule has 0 nitrogen and oxygen atoms in total. The van der Waals surface area contributed by atoms with Gasteiger partial charge in [-0.2, -0.15) is 0 Å². The van der Waals surface area contributed by atoms with Crippen molar-refractivity contribution < 1.29 is 0 Å². The normalized spacial score (nSPS) is 69.0. The lowest BCUT2D eigenvalue weighted by Crippen LogP contribution is -2.81. The van der Waals surface area contributed by atoms with Gasteiger partial charge in [-0.25, -0.2) is 0 Å². The van der Waals surface area contributed by atoms with E-state index in [4.69, 9.17) is 0 Å². The van der Waals surface area contributed by atoms with E-state index in [9.17, 15) is 0 Å². The molecule has 7 aliphatic rings. The van der Waals surface area contributed by atoms with Crippen LogP contribution in [0.25, 0.3) is 0 Å². The van der Waals surface area contributed by atoms with Gasteiger partial charge in [0.05, 0.1) is 0 Å². The Kier molecular flexibility index (Phi) is 2.40. The van der Waals surface area contributed by atoms with Crippen LogP contribution in [0.4, 0.5) is 0 Å². The fourth-order valence-electron chi connectivity index (χ4n) is 11.3. The molecule has 24 heavy (non-hydrogen) atoms. The monoisotopic (exact) mass is 326 g/mol. The molecule has 3 spiro atoms. The third-order valence-corrected chi connectivity index (χ3v) is 12.0. The number of hydrogen-bond acceptors (Lipinski definition) is 0. The van der Waals surface area contributed by atoms with E-state index in [1.807, 2.05) is 0 Å². The molecule has 0 heterocycles. The summed E-state index contributed by atoms with van der Waals surface area (Å²) in [6.07, 6.45) is 18.9. The lowest BCUT2D eigenvalue weighted by atomic mass is 9.17. The second-order valence-electron chi connectivity index (χ2n) is 12.6. The Morgan fingerprint density at radius 2 is 1.62 bits per heavy atom. The Bertz CT molecular complexity index is 622. The third kappa shape index (κ3) is 1.22.